The fourth-order valence-electron chi connectivity index (χ4n) is 5.69. The Morgan fingerprint density at radius 2 is 1.74 bits per heavy atom. The molecule has 15 heteroatoms. The van der Waals surface area contributed by atoms with E-state index < -0.39 is 36.0 Å². The molecule has 2 saturated heterocycles. The lowest BCUT2D eigenvalue weighted by atomic mass is 10.1. The molecule has 5 amide bonds. The van der Waals surface area contributed by atoms with E-state index in [9.17, 15) is 33.9 Å². The highest BCUT2D eigenvalue weighted by Gasteiger charge is 2.35. The standard InChI is InChI=1S/C32H42N6O9/c1-5-46-32(45)37-15-13-36(14-16-37)30(43)22(10-11-28(40)41)34-29(42)24-18-26(21-9-8-20(2)17-23(21)33-24)47-19-27(39)38-12-6-7-25(38)31(44)35(3)4/h8-9,17-18,22,25H,5-7,10-16,19H2,1-4H3,(H,34,42)(H,40,41). The van der Waals surface area contributed by atoms with E-state index in [-0.39, 0.29) is 75.5 Å². The molecule has 0 saturated carbocycles. The van der Waals surface area contributed by atoms with Crippen LogP contribution in [0, 0.1) is 6.92 Å². The van der Waals surface area contributed by atoms with Crippen LogP contribution < -0.4 is 10.1 Å². The smallest absolute Gasteiger partial charge is 0.409 e. The summed E-state index contributed by atoms with van der Waals surface area (Å²) in [5, 5.41) is 12.5. The lowest BCUT2D eigenvalue weighted by Crippen LogP contribution is -2.56. The zero-order valence-corrected chi connectivity index (χ0v) is 27.2. The molecule has 2 atom stereocenters. The maximum Gasteiger partial charge on any atom is 0.409 e. The van der Waals surface area contributed by atoms with Crippen molar-refractivity contribution in [1.82, 2.24) is 29.9 Å². The summed E-state index contributed by atoms with van der Waals surface area (Å²) >= 11 is 0. The molecule has 15 nitrogen and oxygen atoms in total. The minimum atomic E-state index is -1.17. The number of likely N-dealkylation sites (tertiary alicyclic amines) is 1. The van der Waals surface area contributed by atoms with Crippen LogP contribution in [0.4, 0.5) is 4.79 Å². The number of aromatic nitrogens is 1. The van der Waals surface area contributed by atoms with Gasteiger partial charge >= 0.3 is 12.1 Å². The lowest BCUT2D eigenvalue weighted by molar-refractivity contribution is -0.143. The molecule has 4 rings (SSSR count). The van der Waals surface area contributed by atoms with Crippen molar-refractivity contribution in [3.63, 3.8) is 0 Å². The van der Waals surface area contributed by atoms with Gasteiger partial charge in [-0.3, -0.25) is 24.0 Å². The number of carboxylic acid groups (broad SMARTS) is 1. The quantitative estimate of drug-likeness (QED) is 0.358. The van der Waals surface area contributed by atoms with Gasteiger partial charge in [0, 0.05) is 64.7 Å². The number of aryl methyl sites for hydroxylation is 1. The van der Waals surface area contributed by atoms with Gasteiger partial charge in [0.15, 0.2) is 6.61 Å². The van der Waals surface area contributed by atoms with Gasteiger partial charge in [-0.05, 0) is 50.8 Å². The van der Waals surface area contributed by atoms with E-state index in [0.29, 0.717) is 30.3 Å². The van der Waals surface area contributed by atoms with E-state index in [4.69, 9.17) is 9.47 Å². The molecule has 2 fully saturated rings. The summed E-state index contributed by atoms with van der Waals surface area (Å²) in [7, 11) is 3.28. The van der Waals surface area contributed by atoms with Crippen molar-refractivity contribution in [3.8, 4) is 5.75 Å². The molecular formula is C32H42N6O9. The van der Waals surface area contributed by atoms with Crippen LogP contribution in [0.5, 0.6) is 5.75 Å². The first-order valence-electron chi connectivity index (χ1n) is 15.7. The number of hydrogen-bond donors (Lipinski definition) is 2. The summed E-state index contributed by atoms with van der Waals surface area (Å²) in [6, 6.07) is 5.00. The number of carboxylic acids is 1. The molecule has 2 aromatic rings. The van der Waals surface area contributed by atoms with Crippen molar-refractivity contribution in [1.29, 1.82) is 0 Å². The number of hydrogen-bond acceptors (Lipinski definition) is 9. The third-order valence-electron chi connectivity index (χ3n) is 8.18. The van der Waals surface area contributed by atoms with E-state index in [1.807, 2.05) is 13.0 Å². The molecule has 3 heterocycles. The van der Waals surface area contributed by atoms with Crippen molar-refractivity contribution >= 4 is 46.6 Å². The van der Waals surface area contributed by atoms with Crippen molar-refractivity contribution in [2.75, 3.05) is 60.0 Å². The zero-order chi connectivity index (χ0) is 34.2. The third-order valence-corrected chi connectivity index (χ3v) is 8.18. The second-order valence-corrected chi connectivity index (χ2v) is 11.8. The Morgan fingerprint density at radius 1 is 1.04 bits per heavy atom. The molecule has 0 bridgehead atoms. The van der Waals surface area contributed by atoms with Gasteiger partial charge in [0.05, 0.1) is 12.1 Å². The number of aliphatic carboxylic acids is 1. The lowest BCUT2D eigenvalue weighted by Gasteiger charge is -2.35. The number of rotatable bonds is 11. The molecule has 2 aliphatic heterocycles. The first kappa shape index (κ1) is 34.9. The van der Waals surface area contributed by atoms with Crippen molar-refractivity contribution < 1.29 is 43.3 Å². The van der Waals surface area contributed by atoms with Gasteiger partial charge in [0.2, 0.25) is 11.8 Å². The van der Waals surface area contributed by atoms with Crippen LogP contribution in [0.3, 0.4) is 0 Å². The summed E-state index contributed by atoms with van der Waals surface area (Å²) in [5.41, 5.74) is 1.20. The van der Waals surface area contributed by atoms with Crippen molar-refractivity contribution in [2.45, 2.75) is 51.6 Å². The number of carbonyl (C=O) groups excluding carboxylic acids is 5. The summed E-state index contributed by atoms with van der Waals surface area (Å²) in [6.07, 6.45) is 0.253. The average molecular weight is 655 g/mol. The normalized spacial score (nSPS) is 16.9. The predicted octanol–water partition coefficient (Wildman–Crippen LogP) is 1.27. The molecular weight excluding hydrogens is 612 g/mol. The number of fused-ring (bicyclic) bond motifs is 1. The Balaban J connectivity index is 1.52. The number of pyridine rings is 1. The van der Waals surface area contributed by atoms with Crippen LogP contribution in [0.15, 0.2) is 24.3 Å². The third kappa shape index (κ3) is 8.65. The SMILES string of the molecule is CCOC(=O)N1CCN(C(=O)C(CCC(=O)O)NC(=O)c2cc(OCC(=O)N3CCCC3C(=O)N(C)C)c3ccc(C)cc3n2)CC1. The van der Waals surface area contributed by atoms with Crippen molar-refractivity contribution in [2.24, 2.45) is 0 Å². The molecule has 1 aromatic heterocycles. The Bertz CT molecular complexity index is 1520. The van der Waals surface area contributed by atoms with Gasteiger partial charge < -0.3 is 39.5 Å². The number of carbonyl (C=O) groups is 6. The maximum atomic E-state index is 13.6. The van der Waals surface area contributed by atoms with Crippen LogP contribution in [-0.2, 0) is 23.9 Å². The monoisotopic (exact) mass is 654 g/mol. The fraction of sp³-hybridized carbons (Fsp3) is 0.531. The van der Waals surface area contributed by atoms with Gasteiger partial charge in [-0.15, -0.1) is 0 Å². The minimum Gasteiger partial charge on any atom is -0.483 e. The molecule has 2 N–H and O–H groups in total. The highest BCUT2D eigenvalue weighted by atomic mass is 16.6. The summed E-state index contributed by atoms with van der Waals surface area (Å²) in [5.74, 6) is -2.65. The molecule has 0 radical (unpaired) electrons. The van der Waals surface area contributed by atoms with Crippen molar-refractivity contribution in [3.05, 3.63) is 35.5 Å². The predicted molar refractivity (Wildman–Crippen MR) is 169 cm³/mol. The molecule has 0 aliphatic carbocycles. The summed E-state index contributed by atoms with van der Waals surface area (Å²) in [6.45, 7) is 4.69. The van der Waals surface area contributed by atoms with Crippen LogP contribution in [0.2, 0.25) is 0 Å². The number of benzene rings is 1. The van der Waals surface area contributed by atoms with Gasteiger partial charge in [0.1, 0.15) is 23.5 Å². The molecule has 1 aromatic carbocycles. The second-order valence-electron chi connectivity index (χ2n) is 11.8. The Kier molecular flexibility index (Phi) is 11.6. The van der Waals surface area contributed by atoms with Crippen LogP contribution in [0.25, 0.3) is 10.9 Å². The van der Waals surface area contributed by atoms with Gasteiger partial charge in [-0.2, -0.15) is 0 Å². The number of ether oxygens (including phenoxy) is 2. The Hall–Kier alpha value is -4.95. The molecule has 47 heavy (non-hydrogen) atoms. The van der Waals surface area contributed by atoms with E-state index in [1.54, 1.807) is 33.2 Å². The maximum absolute atomic E-state index is 13.6. The molecule has 2 unspecified atom stereocenters. The molecule has 2 aliphatic rings. The van der Waals surface area contributed by atoms with Gasteiger partial charge in [-0.25, -0.2) is 9.78 Å². The number of likely N-dealkylation sites (N-methyl/N-ethyl adjacent to an activating group) is 1. The highest BCUT2D eigenvalue weighted by molar-refractivity contribution is 5.99. The average Bonchev–Trinajstić information content (AvgIpc) is 3.54. The zero-order valence-electron chi connectivity index (χ0n) is 27.2. The molecule has 254 valence electrons. The van der Waals surface area contributed by atoms with E-state index in [1.165, 1.54) is 25.7 Å². The Morgan fingerprint density at radius 3 is 2.40 bits per heavy atom. The fourth-order valence-corrected chi connectivity index (χ4v) is 5.69. The highest BCUT2D eigenvalue weighted by Crippen LogP contribution is 2.27. The summed E-state index contributed by atoms with van der Waals surface area (Å²) < 4.78 is 11.0. The number of nitrogens with one attached hydrogen (secondary N) is 1. The Labute approximate surface area is 272 Å². The second kappa shape index (κ2) is 15.6. The van der Waals surface area contributed by atoms with Crippen LogP contribution >= 0.6 is 0 Å². The first-order chi connectivity index (χ1) is 22.4. The first-order valence-corrected chi connectivity index (χ1v) is 15.7. The number of amides is 5. The molecule has 0 spiro atoms. The summed E-state index contributed by atoms with van der Waals surface area (Å²) in [4.78, 5) is 86.7. The number of nitrogens with zero attached hydrogens (tertiary/aromatic N) is 5. The van der Waals surface area contributed by atoms with Gasteiger partial charge in [0.25, 0.3) is 11.8 Å². The van der Waals surface area contributed by atoms with Crippen LogP contribution in [-0.4, -0.2) is 137 Å². The largest absolute Gasteiger partial charge is 0.483 e. The van der Waals surface area contributed by atoms with E-state index >= 15 is 0 Å². The number of piperazine rings is 1. The van der Waals surface area contributed by atoms with E-state index in [0.717, 1.165) is 5.56 Å². The topological polar surface area (TPSA) is 179 Å². The van der Waals surface area contributed by atoms with Gasteiger partial charge in [-0.1, -0.05) is 6.07 Å². The minimum absolute atomic E-state index is 0.0901. The van der Waals surface area contributed by atoms with E-state index in [2.05, 4.69) is 10.3 Å². The van der Waals surface area contributed by atoms with Crippen LogP contribution in [0.1, 0.15) is 48.7 Å².